The van der Waals surface area contributed by atoms with E-state index < -0.39 is 36.2 Å². The number of carbonyl (C=O) groups excluding carboxylic acids is 1. The molecule has 168 valence electrons. The Morgan fingerprint density at radius 2 is 1.90 bits per heavy atom. The average molecular weight is 464 g/mol. The zero-order valence-electron chi connectivity index (χ0n) is 16.2. The molecule has 0 spiro atoms. The quantitative estimate of drug-likeness (QED) is 0.647. The number of benzene rings is 1. The van der Waals surface area contributed by atoms with Crippen molar-refractivity contribution in [2.24, 2.45) is 0 Å². The summed E-state index contributed by atoms with van der Waals surface area (Å²) in [5, 5.41) is 2.65. The summed E-state index contributed by atoms with van der Waals surface area (Å²) >= 11 is 5.87. The number of aromatic nitrogens is 1. The van der Waals surface area contributed by atoms with Crippen molar-refractivity contribution in [2.45, 2.75) is 31.6 Å². The van der Waals surface area contributed by atoms with E-state index in [1.807, 2.05) is 0 Å². The van der Waals surface area contributed by atoms with Gasteiger partial charge in [0, 0.05) is 31.9 Å². The fourth-order valence-corrected chi connectivity index (χ4v) is 3.43. The van der Waals surface area contributed by atoms with Crippen LogP contribution in [0.2, 0.25) is 5.02 Å². The van der Waals surface area contributed by atoms with E-state index in [9.17, 15) is 26.7 Å². The maximum absolute atomic E-state index is 13.3. The highest BCUT2D eigenvalue weighted by atomic mass is 35.5. The van der Waals surface area contributed by atoms with E-state index in [1.165, 1.54) is 18.2 Å². The third-order valence-corrected chi connectivity index (χ3v) is 5.03. The Hall–Kier alpha value is -2.46. The van der Waals surface area contributed by atoms with Crippen molar-refractivity contribution in [3.05, 3.63) is 58.2 Å². The molecule has 1 amide bonds. The first-order valence-corrected chi connectivity index (χ1v) is 9.81. The summed E-state index contributed by atoms with van der Waals surface area (Å²) in [7, 11) is 0. The van der Waals surface area contributed by atoms with Gasteiger partial charge in [0.25, 0.3) is 5.91 Å². The largest absolute Gasteiger partial charge is 0.467 e. The minimum absolute atomic E-state index is 0.105. The predicted molar refractivity (Wildman–Crippen MR) is 103 cm³/mol. The van der Waals surface area contributed by atoms with Gasteiger partial charge in [-0.1, -0.05) is 17.7 Å². The van der Waals surface area contributed by atoms with Crippen molar-refractivity contribution in [1.29, 1.82) is 0 Å². The number of amides is 1. The molecule has 1 aliphatic rings. The molecule has 0 saturated carbocycles. The van der Waals surface area contributed by atoms with Crippen LogP contribution in [-0.2, 0) is 6.54 Å². The molecule has 0 bridgehead atoms. The number of piperidine rings is 1. The first-order valence-electron chi connectivity index (χ1n) is 9.43. The second-order valence-corrected chi connectivity index (χ2v) is 7.59. The molecular weight excluding hydrogens is 445 g/mol. The van der Waals surface area contributed by atoms with Crippen molar-refractivity contribution in [3.63, 3.8) is 0 Å². The second kappa shape index (κ2) is 9.78. The minimum Gasteiger partial charge on any atom is -0.467 e. The van der Waals surface area contributed by atoms with Gasteiger partial charge in [0.05, 0.1) is 5.56 Å². The first-order chi connectivity index (χ1) is 14.6. The number of rotatable bonds is 6. The van der Waals surface area contributed by atoms with Crippen LogP contribution in [0.3, 0.4) is 0 Å². The second-order valence-electron chi connectivity index (χ2n) is 7.19. The van der Waals surface area contributed by atoms with Crippen LogP contribution in [0.15, 0.2) is 30.5 Å². The Kier molecular flexibility index (Phi) is 7.32. The summed E-state index contributed by atoms with van der Waals surface area (Å²) in [6.45, 7) is 0.228. The van der Waals surface area contributed by atoms with Crippen LogP contribution in [0.1, 0.15) is 28.8 Å². The molecule has 0 unspecified atom stereocenters. The van der Waals surface area contributed by atoms with E-state index >= 15 is 0 Å². The van der Waals surface area contributed by atoms with Crippen LogP contribution in [0.25, 0.3) is 0 Å². The summed E-state index contributed by atoms with van der Waals surface area (Å²) in [4.78, 5) is 18.2. The van der Waals surface area contributed by atoms with Crippen molar-refractivity contribution in [1.82, 2.24) is 15.2 Å². The van der Waals surface area contributed by atoms with Gasteiger partial charge in [-0.3, -0.25) is 9.69 Å². The molecule has 1 aromatic heterocycles. The third-order valence-electron chi connectivity index (χ3n) is 4.76. The fourth-order valence-electron chi connectivity index (χ4n) is 3.21. The fraction of sp³-hybridized carbons (Fsp3) is 0.400. The zero-order chi connectivity index (χ0) is 22.6. The number of likely N-dealkylation sites (tertiary alicyclic amines) is 1. The van der Waals surface area contributed by atoms with Crippen LogP contribution >= 0.6 is 11.6 Å². The molecule has 2 aromatic rings. The monoisotopic (exact) mass is 463 g/mol. The van der Waals surface area contributed by atoms with Gasteiger partial charge in [-0.15, -0.1) is 0 Å². The van der Waals surface area contributed by atoms with Crippen molar-refractivity contribution < 1.29 is 31.5 Å². The number of halogens is 6. The van der Waals surface area contributed by atoms with E-state index in [0.29, 0.717) is 38.0 Å². The highest BCUT2D eigenvalue weighted by molar-refractivity contribution is 6.32. The van der Waals surface area contributed by atoms with E-state index in [1.54, 1.807) is 0 Å². The smallest absolute Gasteiger partial charge is 0.422 e. The molecule has 3 rings (SSSR count). The molecule has 1 aromatic carbocycles. The van der Waals surface area contributed by atoms with E-state index in [0.717, 1.165) is 12.3 Å². The highest BCUT2D eigenvalue weighted by Gasteiger charge is 2.29. The molecule has 31 heavy (non-hydrogen) atoms. The summed E-state index contributed by atoms with van der Waals surface area (Å²) in [5.74, 6) is -2.63. The lowest BCUT2D eigenvalue weighted by molar-refractivity contribution is -0.154. The number of hydrogen-bond acceptors (Lipinski definition) is 4. The maximum atomic E-state index is 13.3. The van der Waals surface area contributed by atoms with Crippen LogP contribution < -0.4 is 10.1 Å². The van der Waals surface area contributed by atoms with Crippen molar-refractivity contribution in [3.8, 4) is 5.88 Å². The molecule has 11 heteroatoms. The molecule has 0 radical (unpaired) electrons. The number of ether oxygens (including phenoxy) is 1. The molecule has 0 aliphatic carbocycles. The first kappa shape index (κ1) is 23.2. The van der Waals surface area contributed by atoms with Crippen LogP contribution in [0, 0.1) is 11.6 Å². The van der Waals surface area contributed by atoms with Crippen molar-refractivity contribution >= 4 is 17.5 Å². The normalized spacial score (nSPS) is 15.7. The molecule has 0 atom stereocenters. The number of pyridine rings is 1. The number of carbonyl (C=O) groups is 1. The SMILES string of the molecule is O=C(NC1CCN(Cc2ccc(F)c(F)c2)CC1)c1cnc(OCC(F)(F)F)c(Cl)c1. The highest BCUT2D eigenvalue weighted by Crippen LogP contribution is 2.25. The van der Waals surface area contributed by atoms with E-state index in [2.05, 4.69) is 19.9 Å². The lowest BCUT2D eigenvalue weighted by Gasteiger charge is -2.32. The van der Waals surface area contributed by atoms with Crippen LogP contribution in [0.4, 0.5) is 22.0 Å². The van der Waals surface area contributed by atoms with Gasteiger partial charge < -0.3 is 10.1 Å². The lowest BCUT2D eigenvalue weighted by atomic mass is 10.0. The molecule has 2 heterocycles. The number of alkyl halides is 3. The van der Waals surface area contributed by atoms with Crippen LogP contribution in [0.5, 0.6) is 5.88 Å². The summed E-state index contributed by atoms with van der Waals surface area (Å²) < 4.78 is 67.6. The summed E-state index contributed by atoms with van der Waals surface area (Å²) in [5.41, 5.74) is 0.767. The van der Waals surface area contributed by atoms with Gasteiger partial charge >= 0.3 is 6.18 Å². The maximum Gasteiger partial charge on any atom is 0.422 e. The summed E-state index contributed by atoms with van der Waals surface area (Å²) in [6.07, 6.45) is -2.14. The van der Waals surface area contributed by atoms with Gasteiger partial charge in [0.15, 0.2) is 18.2 Å². The number of nitrogens with one attached hydrogen (secondary N) is 1. The molecular formula is C20H19ClF5N3O2. The molecule has 1 N–H and O–H groups in total. The Morgan fingerprint density at radius 1 is 1.19 bits per heavy atom. The zero-order valence-corrected chi connectivity index (χ0v) is 16.9. The van der Waals surface area contributed by atoms with E-state index in [-0.39, 0.29) is 16.6 Å². The Morgan fingerprint density at radius 3 is 2.52 bits per heavy atom. The Labute approximate surface area is 180 Å². The topological polar surface area (TPSA) is 54.5 Å². The molecule has 1 fully saturated rings. The van der Waals surface area contributed by atoms with E-state index in [4.69, 9.17) is 11.6 Å². The Balaban J connectivity index is 1.49. The minimum atomic E-state index is -4.53. The third kappa shape index (κ3) is 6.76. The Bertz CT molecular complexity index is 934. The number of nitrogens with zero attached hydrogens (tertiary/aromatic N) is 2. The van der Waals surface area contributed by atoms with Crippen LogP contribution in [-0.4, -0.2) is 47.7 Å². The van der Waals surface area contributed by atoms with Gasteiger partial charge in [-0.25, -0.2) is 13.8 Å². The molecule has 1 saturated heterocycles. The average Bonchev–Trinajstić information content (AvgIpc) is 2.70. The van der Waals surface area contributed by atoms with Gasteiger partial charge in [-0.05, 0) is 36.6 Å². The van der Waals surface area contributed by atoms with Gasteiger partial charge in [0.2, 0.25) is 5.88 Å². The van der Waals surface area contributed by atoms with Gasteiger partial charge in [0.1, 0.15) is 5.02 Å². The standard InChI is InChI=1S/C20H19ClF5N3O2/c21-15-8-13(9-27-19(15)31-11-20(24,25)26)18(30)28-14-3-5-29(6-4-14)10-12-1-2-16(22)17(23)7-12/h1-2,7-9,14H,3-6,10-11H2,(H,28,30). The molecule has 5 nitrogen and oxygen atoms in total. The molecule has 1 aliphatic heterocycles. The number of hydrogen-bond donors (Lipinski definition) is 1. The van der Waals surface area contributed by atoms with Gasteiger partial charge in [-0.2, -0.15) is 13.2 Å². The summed E-state index contributed by atoms with van der Waals surface area (Å²) in [6, 6.07) is 4.88. The predicted octanol–water partition coefficient (Wildman–Crippen LogP) is 4.35. The van der Waals surface area contributed by atoms with Crippen molar-refractivity contribution in [2.75, 3.05) is 19.7 Å². The lowest BCUT2D eigenvalue weighted by Crippen LogP contribution is -2.44.